The lowest BCUT2D eigenvalue weighted by Gasteiger charge is -2.01. The van der Waals surface area contributed by atoms with Gasteiger partial charge < -0.3 is 5.73 Å². The van der Waals surface area contributed by atoms with E-state index in [2.05, 4.69) is 15.9 Å². The summed E-state index contributed by atoms with van der Waals surface area (Å²) in [7, 11) is 0. The maximum absolute atomic E-state index is 12.7. The highest BCUT2D eigenvalue weighted by molar-refractivity contribution is 9.10. The molecule has 0 fully saturated rings. The number of nitrogen functional groups attached to an aromatic ring is 1. The lowest BCUT2D eigenvalue weighted by molar-refractivity contribution is 0.588. The molecular formula is C6H3BrClF2N. The first-order valence-corrected chi connectivity index (χ1v) is 3.79. The molecule has 0 aliphatic heterocycles. The largest absolute Gasteiger partial charge is 0.394 e. The second-order valence-electron chi connectivity index (χ2n) is 1.88. The van der Waals surface area contributed by atoms with Crippen molar-refractivity contribution >= 4 is 33.2 Å². The van der Waals surface area contributed by atoms with Gasteiger partial charge in [-0.25, -0.2) is 8.78 Å². The quantitative estimate of drug-likeness (QED) is 0.549. The summed E-state index contributed by atoms with van der Waals surface area (Å²) in [6, 6.07) is 1.11. The van der Waals surface area contributed by atoms with Gasteiger partial charge in [0.05, 0.1) is 9.50 Å². The molecular weight excluding hydrogens is 239 g/mol. The van der Waals surface area contributed by atoms with Crippen molar-refractivity contribution in [1.29, 1.82) is 0 Å². The Hall–Kier alpha value is -0.350. The number of benzene rings is 1. The third-order valence-electron chi connectivity index (χ3n) is 1.15. The van der Waals surface area contributed by atoms with Crippen LogP contribution in [-0.4, -0.2) is 0 Å². The van der Waals surface area contributed by atoms with Crippen LogP contribution in [0.4, 0.5) is 14.5 Å². The molecule has 0 saturated heterocycles. The summed E-state index contributed by atoms with van der Waals surface area (Å²) in [6.07, 6.45) is 0. The summed E-state index contributed by atoms with van der Waals surface area (Å²) in [5, 5.41) is -0.198. The third kappa shape index (κ3) is 1.46. The van der Waals surface area contributed by atoms with E-state index in [1.165, 1.54) is 0 Å². The average Bonchev–Trinajstić information content (AvgIpc) is 1.97. The molecule has 1 aromatic carbocycles. The highest BCUT2D eigenvalue weighted by Crippen LogP contribution is 2.29. The monoisotopic (exact) mass is 241 g/mol. The van der Waals surface area contributed by atoms with Crippen LogP contribution in [0, 0.1) is 11.6 Å². The summed E-state index contributed by atoms with van der Waals surface area (Å²) in [5.41, 5.74) is 4.45. The van der Waals surface area contributed by atoms with Gasteiger partial charge in [-0.2, -0.15) is 0 Å². The molecule has 1 aromatic rings. The number of rotatable bonds is 0. The zero-order valence-corrected chi connectivity index (χ0v) is 7.51. The van der Waals surface area contributed by atoms with Gasteiger partial charge in [0.15, 0.2) is 11.6 Å². The molecule has 0 amide bonds. The standard InChI is InChI=1S/C6H3BrClF2N/c7-2-1-3(8)5(10)6(11)4(2)9/h1H,11H2. The van der Waals surface area contributed by atoms with Gasteiger partial charge in [0.1, 0.15) is 5.69 Å². The van der Waals surface area contributed by atoms with E-state index in [-0.39, 0.29) is 9.50 Å². The molecule has 0 aromatic heterocycles. The summed E-state index contributed by atoms with van der Waals surface area (Å²) in [6.45, 7) is 0. The number of hydrogen-bond donors (Lipinski definition) is 1. The van der Waals surface area contributed by atoms with Gasteiger partial charge in [0.25, 0.3) is 0 Å². The second kappa shape index (κ2) is 2.95. The van der Waals surface area contributed by atoms with Crippen molar-refractivity contribution in [3.63, 3.8) is 0 Å². The van der Waals surface area contributed by atoms with Crippen molar-refractivity contribution in [3.8, 4) is 0 Å². The molecule has 0 saturated carbocycles. The highest BCUT2D eigenvalue weighted by Gasteiger charge is 2.12. The van der Waals surface area contributed by atoms with Crippen molar-refractivity contribution in [1.82, 2.24) is 0 Å². The molecule has 11 heavy (non-hydrogen) atoms. The van der Waals surface area contributed by atoms with Crippen LogP contribution in [0.1, 0.15) is 0 Å². The minimum absolute atomic E-state index is 0.0569. The molecule has 5 heteroatoms. The van der Waals surface area contributed by atoms with Gasteiger partial charge in [0, 0.05) is 0 Å². The van der Waals surface area contributed by atoms with Crippen molar-refractivity contribution in [2.45, 2.75) is 0 Å². The minimum Gasteiger partial charge on any atom is -0.394 e. The normalized spacial score (nSPS) is 10.2. The fraction of sp³-hybridized carbons (Fsp3) is 0. The average molecular weight is 242 g/mol. The molecule has 1 nitrogen and oxygen atoms in total. The fourth-order valence-electron chi connectivity index (χ4n) is 0.592. The van der Waals surface area contributed by atoms with Gasteiger partial charge >= 0.3 is 0 Å². The lowest BCUT2D eigenvalue weighted by Crippen LogP contribution is -1.96. The molecule has 0 aliphatic rings. The van der Waals surface area contributed by atoms with Gasteiger partial charge in [-0.1, -0.05) is 11.6 Å². The van der Waals surface area contributed by atoms with Crippen molar-refractivity contribution in [3.05, 3.63) is 27.2 Å². The van der Waals surface area contributed by atoms with Gasteiger partial charge in [-0.3, -0.25) is 0 Å². The van der Waals surface area contributed by atoms with Crippen LogP contribution in [0.3, 0.4) is 0 Å². The van der Waals surface area contributed by atoms with E-state index in [9.17, 15) is 8.78 Å². The third-order valence-corrected chi connectivity index (χ3v) is 2.00. The Morgan fingerprint density at radius 3 is 2.45 bits per heavy atom. The first kappa shape index (κ1) is 8.74. The van der Waals surface area contributed by atoms with Gasteiger partial charge in [-0.05, 0) is 22.0 Å². The Labute approximate surface area is 75.3 Å². The fourth-order valence-corrected chi connectivity index (χ4v) is 1.38. The molecule has 0 radical (unpaired) electrons. The summed E-state index contributed by atoms with van der Waals surface area (Å²) in [5.74, 6) is -1.75. The van der Waals surface area contributed by atoms with Crippen LogP contribution in [-0.2, 0) is 0 Å². The maximum Gasteiger partial charge on any atom is 0.167 e. The van der Waals surface area contributed by atoms with Crippen molar-refractivity contribution < 1.29 is 8.78 Å². The SMILES string of the molecule is Nc1c(F)c(Cl)cc(Br)c1F. The van der Waals surface area contributed by atoms with E-state index < -0.39 is 17.3 Å². The first-order valence-electron chi connectivity index (χ1n) is 2.62. The van der Waals surface area contributed by atoms with E-state index in [1.54, 1.807) is 0 Å². The van der Waals surface area contributed by atoms with Crippen molar-refractivity contribution in [2.24, 2.45) is 0 Å². The number of anilines is 1. The molecule has 0 atom stereocenters. The molecule has 1 rings (SSSR count). The smallest absolute Gasteiger partial charge is 0.167 e. The van der Waals surface area contributed by atoms with Gasteiger partial charge in [-0.15, -0.1) is 0 Å². The molecule has 0 spiro atoms. The molecule has 0 aliphatic carbocycles. The van der Waals surface area contributed by atoms with E-state index in [4.69, 9.17) is 17.3 Å². The summed E-state index contributed by atoms with van der Waals surface area (Å²) in [4.78, 5) is 0. The number of nitrogens with two attached hydrogens (primary N) is 1. The highest BCUT2D eigenvalue weighted by atomic mass is 79.9. The summed E-state index contributed by atoms with van der Waals surface area (Å²) < 4.78 is 25.4. The minimum atomic E-state index is -0.924. The van der Waals surface area contributed by atoms with Crippen LogP contribution in [0.2, 0.25) is 5.02 Å². The van der Waals surface area contributed by atoms with E-state index in [0.29, 0.717) is 0 Å². The first-order chi connectivity index (χ1) is 5.04. The van der Waals surface area contributed by atoms with E-state index >= 15 is 0 Å². The Kier molecular flexibility index (Phi) is 2.34. The van der Waals surface area contributed by atoms with E-state index in [0.717, 1.165) is 6.07 Å². The van der Waals surface area contributed by atoms with Crippen molar-refractivity contribution in [2.75, 3.05) is 5.73 Å². The van der Waals surface area contributed by atoms with E-state index in [1.807, 2.05) is 0 Å². The molecule has 2 N–H and O–H groups in total. The Bertz CT molecular complexity index is 277. The maximum atomic E-state index is 12.7. The molecule has 0 heterocycles. The lowest BCUT2D eigenvalue weighted by atomic mass is 10.3. The zero-order valence-electron chi connectivity index (χ0n) is 5.17. The Morgan fingerprint density at radius 1 is 1.36 bits per heavy atom. The summed E-state index contributed by atoms with van der Waals surface area (Å²) >= 11 is 8.16. The van der Waals surface area contributed by atoms with Crippen LogP contribution in [0.25, 0.3) is 0 Å². The molecule has 60 valence electrons. The van der Waals surface area contributed by atoms with Crippen LogP contribution in [0.15, 0.2) is 10.5 Å². The zero-order chi connectivity index (χ0) is 8.59. The van der Waals surface area contributed by atoms with Gasteiger partial charge in [0.2, 0.25) is 0 Å². The van der Waals surface area contributed by atoms with Crippen LogP contribution >= 0.6 is 27.5 Å². The second-order valence-corrected chi connectivity index (χ2v) is 3.14. The Morgan fingerprint density at radius 2 is 1.91 bits per heavy atom. The Balaban J connectivity index is 3.46. The number of hydrogen-bond acceptors (Lipinski definition) is 1. The predicted molar refractivity (Wildman–Crippen MR) is 43.5 cm³/mol. The predicted octanol–water partition coefficient (Wildman–Crippen LogP) is 2.96. The molecule has 0 unspecified atom stereocenters. The number of halogens is 4. The van der Waals surface area contributed by atoms with Crippen LogP contribution < -0.4 is 5.73 Å². The van der Waals surface area contributed by atoms with Crippen LogP contribution in [0.5, 0.6) is 0 Å². The topological polar surface area (TPSA) is 26.0 Å². The molecule has 0 bridgehead atoms.